The van der Waals surface area contributed by atoms with E-state index in [1.54, 1.807) is 0 Å². The molecule has 3 rings (SSSR count). The highest BCUT2D eigenvalue weighted by Gasteiger charge is 2.17. The van der Waals surface area contributed by atoms with E-state index < -0.39 is 0 Å². The standard InChI is InChI=1S/C25H33NO/c1-21-11-7-8-19-26(21)20-10-17-23-13-6-5-12-22(23)16-9-18-25(27)24-14-3-2-4-15-24/h2-6,12-15,21H,7-11,16-20H2,1H3. The van der Waals surface area contributed by atoms with Gasteiger partial charge in [-0.05, 0) is 69.7 Å². The van der Waals surface area contributed by atoms with Crippen LogP contribution in [0.4, 0.5) is 0 Å². The van der Waals surface area contributed by atoms with E-state index in [1.807, 2.05) is 30.3 Å². The van der Waals surface area contributed by atoms with Gasteiger partial charge in [-0.15, -0.1) is 0 Å². The summed E-state index contributed by atoms with van der Waals surface area (Å²) in [5.41, 5.74) is 3.72. The van der Waals surface area contributed by atoms with Gasteiger partial charge in [0.05, 0.1) is 0 Å². The summed E-state index contributed by atoms with van der Waals surface area (Å²) in [6.07, 6.45) is 9.02. The second kappa shape index (κ2) is 10.4. The lowest BCUT2D eigenvalue weighted by atomic mass is 9.96. The Morgan fingerprint density at radius 2 is 1.59 bits per heavy atom. The van der Waals surface area contributed by atoms with E-state index in [0.29, 0.717) is 6.42 Å². The Labute approximate surface area is 164 Å². The number of hydrogen-bond acceptors (Lipinski definition) is 2. The van der Waals surface area contributed by atoms with Crippen LogP contribution in [0.1, 0.15) is 66.9 Å². The van der Waals surface area contributed by atoms with E-state index in [-0.39, 0.29) is 5.78 Å². The van der Waals surface area contributed by atoms with E-state index in [0.717, 1.165) is 30.9 Å². The van der Waals surface area contributed by atoms with Crippen LogP contribution in [0.15, 0.2) is 54.6 Å². The molecule has 2 aromatic rings. The lowest BCUT2D eigenvalue weighted by Gasteiger charge is -2.33. The van der Waals surface area contributed by atoms with Gasteiger partial charge in [0.15, 0.2) is 5.78 Å². The average molecular weight is 364 g/mol. The van der Waals surface area contributed by atoms with Crippen molar-refractivity contribution in [3.63, 3.8) is 0 Å². The molecule has 0 radical (unpaired) electrons. The molecule has 2 heteroatoms. The number of carbonyl (C=O) groups is 1. The molecule has 27 heavy (non-hydrogen) atoms. The van der Waals surface area contributed by atoms with Gasteiger partial charge in [-0.1, -0.05) is 61.0 Å². The maximum Gasteiger partial charge on any atom is 0.162 e. The first kappa shape index (κ1) is 19.8. The zero-order valence-corrected chi connectivity index (χ0v) is 16.7. The summed E-state index contributed by atoms with van der Waals surface area (Å²) in [6, 6.07) is 19.2. The van der Waals surface area contributed by atoms with Gasteiger partial charge >= 0.3 is 0 Å². The quantitative estimate of drug-likeness (QED) is 0.533. The van der Waals surface area contributed by atoms with Gasteiger partial charge in [-0.3, -0.25) is 4.79 Å². The number of piperidine rings is 1. The topological polar surface area (TPSA) is 20.3 Å². The van der Waals surface area contributed by atoms with Crippen LogP contribution in [0.2, 0.25) is 0 Å². The number of likely N-dealkylation sites (tertiary alicyclic amines) is 1. The first-order chi connectivity index (χ1) is 13.2. The van der Waals surface area contributed by atoms with Gasteiger partial charge in [0, 0.05) is 18.0 Å². The minimum atomic E-state index is 0.257. The first-order valence-corrected chi connectivity index (χ1v) is 10.6. The molecule has 0 saturated carbocycles. The maximum atomic E-state index is 12.3. The number of benzene rings is 2. The van der Waals surface area contributed by atoms with Crippen molar-refractivity contribution in [1.29, 1.82) is 0 Å². The average Bonchev–Trinajstić information content (AvgIpc) is 2.71. The van der Waals surface area contributed by atoms with Crippen LogP contribution in [0.25, 0.3) is 0 Å². The SMILES string of the molecule is CC1CCCCN1CCCc1ccccc1CCCC(=O)c1ccccc1. The summed E-state index contributed by atoms with van der Waals surface area (Å²) >= 11 is 0. The number of aryl methyl sites for hydroxylation is 2. The highest BCUT2D eigenvalue weighted by Crippen LogP contribution is 2.19. The van der Waals surface area contributed by atoms with Crippen LogP contribution >= 0.6 is 0 Å². The van der Waals surface area contributed by atoms with Crippen molar-refractivity contribution < 1.29 is 4.79 Å². The zero-order chi connectivity index (χ0) is 18.9. The van der Waals surface area contributed by atoms with Crippen LogP contribution in [-0.2, 0) is 12.8 Å². The summed E-state index contributed by atoms with van der Waals surface area (Å²) in [7, 11) is 0. The van der Waals surface area contributed by atoms with Gasteiger partial charge in [-0.2, -0.15) is 0 Å². The molecule has 2 nitrogen and oxygen atoms in total. The number of Topliss-reactive ketones (excluding diaryl/α,β-unsaturated/α-hetero) is 1. The number of carbonyl (C=O) groups excluding carboxylic acids is 1. The van der Waals surface area contributed by atoms with Gasteiger partial charge in [0.2, 0.25) is 0 Å². The Morgan fingerprint density at radius 1 is 0.926 bits per heavy atom. The minimum Gasteiger partial charge on any atom is -0.301 e. The molecule has 2 aromatic carbocycles. The highest BCUT2D eigenvalue weighted by molar-refractivity contribution is 5.95. The van der Waals surface area contributed by atoms with Crippen molar-refractivity contribution in [1.82, 2.24) is 4.90 Å². The third-order valence-corrected chi connectivity index (χ3v) is 5.90. The molecule has 0 aromatic heterocycles. The highest BCUT2D eigenvalue weighted by atomic mass is 16.1. The van der Waals surface area contributed by atoms with Crippen molar-refractivity contribution in [2.45, 2.75) is 64.3 Å². The second-order valence-electron chi connectivity index (χ2n) is 7.90. The van der Waals surface area contributed by atoms with Crippen LogP contribution in [0.5, 0.6) is 0 Å². The van der Waals surface area contributed by atoms with E-state index in [9.17, 15) is 4.79 Å². The first-order valence-electron chi connectivity index (χ1n) is 10.6. The molecule has 0 spiro atoms. The fourth-order valence-corrected chi connectivity index (χ4v) is 4.22. The molecule has 1 fully saturated rings. The van der Waals surface area contributed by atoms with E-state index in [2.05, 4.69) is 36.1 Å². The molecule has 144 valence electrons. The molecule has 0 N–H and O–H groups in total. The Bertz CT molecular complexity index is 709. The lowest BCUT2D eigenvalue weighted by Crippen LogP contribution is -2.38. The minimum absolute atomic E-state index is 0.257. The second-order valence-corrected chi connectivity index (χ2v) is 7.90. The third kappa shape index (κ3) is 6.04. The summed E-state index contributed by atoms with van der Waals surface area (Å²) < 4.78 is 0. The van der Waals surface area contributed by atoms with Crippen LogP contribution in [0.3, 0.4) is 0 Å². The summed E-state index contributed by atoms with van der Waals surface area (Å²) in [6.45, 7) is 4.85. The van der Waals surface area contributed by atoms with Crippen molar-refractivity contribution in [3.05, 3.63) is 71.3 Å². The summed E-state index contributed by atoms with van der Waals surface area (Å²) in [4.78, 5) is 14.9. The van der Waals surface area contributed by atoms with Crippen LogP contribution in [-0.4, -0.2) is 29.8 Å². The number of nitrogens with zero attached hydrogens (tertiary/aromatic N) is 1. The molecule has 1 heterocycles. The van der Waals surface area contributed by atoms with Crippen LogP contribution in [0, 0.1) is 0 Å². The maximum absolute atomic E-state index is 12.3. The lowest BCUT2D eigenvalue weighted by molar-refractivity contribution is 0.0980. The molecule has 1 unspecified atom stereocenters. The molecular formula is C25H33NO. The molecule has 1 aliphatic heterocycles. The monoisotopic (exact) mass is 363 g/mol. The zero-order valence-electron chi connectivity index (χ0n) is 16.7. The molecule has 0 aliphatic carbocycles. The van der Waals surface area contributed by atoms with Crippen molar-refractivity contribution in [3.8, 4) is 0 Å². The third-order valence-electron chi connectivity index (χ3n) is 5.90. The van der Waals surface area contributed by atoms with Gasteiger partial charge in [0.1, 0.15) is 0 Å². The predicted octanol–water partition coefficient (Wildman–Crippen LogP) is 5.70. The molecule has 0 amide bonds. The van der Waals surface area contributed by atoms with Gasteiger partial charge in [0.25, 0.3) is 0 Å². The molecule has 1 saturated heterocycles. The molecule has 0 bridgehead atoms. The summed E-state index contributed by atoms with van der Waals surface area (Å²) in [5.74, 6) is 0.257. The van der Waals surface area contributed by atoms with Crippen molar-refractivity contribution in [2.24, 2.45) is 0 Å². The normalized spacial score (nSPS) is 17.7. The molecular weight excluding hydrogens is 330 g/mol. The predicted molar refractivity (Wildman–Crippen MR) is 113 cm³/mol. The fourth-order valence-electron chi connectivity index (χ4n) is 4.22. The Kier molecular flexibility index (Phi) is 7.65. The van der Waals surface area contributed by atoms with E-state index in [1.165, 1.54) is 49.9 Å². The number of hydrogen-bond donors (Lipinski definition) is 0. The molecule has 1 aliphatic rings. The van der Waals surface area contributed by atoms with Gasteiger partial charge < -0.3 is 4.90 Å². The van der Waals surface area contributed by atoms with Crippen LogP contribution < -0.4 is 0 Å². The molecule has 1 atom stereocenters. The van der Waals surface area contributed by atoms with Crippen molar-refractivity contribution >= 4 is 5.78 Å². The van der Waals surface area contributed by atoms with Crippen molar-refractivity contribution in [2.75, 3.05) is 13.1 Å². The number of ketones is 1. The van der Waals surface area contributed by atoms with E-state index in [4.69, 9.17) is 0 Å². The Hall–Kier alpha value is -1.93. The van der Waals surface area contributed by atoms with E-state index >= 15 is 0 Å². The van der Waals surface area contributed by atoms with Gasteiger partial charge in [-0.25, -0.2) is 0 Å². The Balaban J connectivity index is 1.46. The largest absolute Gasteiger partial charge is 0.301 e. The fraction of sp³-hybridized carbons (Fsp3) is 0.480. The smallest absolute Gasteiger partial charge is 0.162 e. The summed E-state index contributed by atoms with van der Waals surface area (Å²) in [5, 5.41) is 0. The number of rotatable bonds is 9. The Morgan fingerprint density at radius 3 is 2.30 bits per heavy atom.